The highest BCUT2D eigenvalue weighted by atomic mass is 16.6. The van der Waals surface area contributed by atoms with Gasteiger partial charge in [0.1, 0.15) is 17.7 Å². The van der Waals surface area contributed by atoms with E-state index in [-0.39, 0.29) is 6.54 Å². The van der Waals surface area contributed by atoms with Crippen LogP contribution in [0.1, 0.15) is 38.8 Å². The molecule has 1 aliphatic heterocycles. The van der Waals surface area contributed by atoms with Crippen LogP contribution in [0.2, 0.25) is 0 Å². The van der Waals surface area contributed by atoms with E-state index in [9.17, 15) is 14.4 Å². The molecule has 1 heterocycles. The number of nitrogens with zero attached hydrogens (tertiary/aromatic N) is 1. The van der Waals surface area contributed by atoms with E-state index in [1.165, 1.54) is 11.8 Å². The Morgan fingerprint density at radius 1 is 1.24 bits per heavy atom. The van der Waals surface area contributed by atoms with Crippen molar-refractivity contribution in [2.75, 3.05) is 0 Å². The van der Waals surface area contributed by atoms with Gasteiger partial charge in [0.25, 0.3) is 0 Å². The van der Waals surface area contributed by atoms with Gasteiger partial charge in [-0.05, 0) is 38.8 Å². The first kappa shape index (κ1) is 18.8. The summed E-state index contributed by atoms with van der Waals surface area (Å²) in [4.78, 5) is 37.5. The van der Waals surface area contributed by atoms with Gasteiger partial charge in [0.05, 0.1) is 6.54 Å². The van der Waals surface area contributed by atoms with Crippen LogP contribution in [0.15, 0.2) is 24.3 Å². The Bertz CT molecular complexity index is 680. The van der Waals surface area contributed by atoms with Crippen LogP contribution in [0, 0.1) is 0 Å². The molecule has 136 valence electrons. The third kappa shape index (κ3) is 4.71. The zero-order valence-electron chi connectivity index (χ0n) is 14.9. The number of fused-ring (bicyclic) bond motifs is 1. The number of nitrogens with one attached hydrogen (secondary N) is 1. The molecule has 2 amide bonds. The second-order valence-corrected chi connectivity index (χ2v) is 7.17. The van der Waals surface area contributed by atoms with Gasteiger partial charge in [0.2, 0.25) is 5.91 Å². The van der Waals surface area contributed by atoms with Crippen LogP contribution in [0.25, 0.3) is 0 Å². The first-order valence-electron chi connectivity index (χ1n) is 8.18. The average molecular weight is 348 g/mol. The SMILES string of the molecule is CC(NC(=O)C1Cc2ccccc2CN1C(=O)OC(C)(C)C)C(=O)O. The maximum Gasteiger partial charge on any atom is 0.411 e. The lowest BCUT2D eigenvalue weighted by Gasteiger charge is -2.37. The Morgan fingerprint density at radius 2 is 1.84 bits per heavy atom. The monoisotopic (exact) mass is 348 g/mol. The first-order chi connectivity index (χ1) is 11.6. The predicted octanol–water partition coefficient (Wildman–Crippen LogP) is 1.94. The van der Waals surface area contributed by atoms with Gasteiger partial charge in [-0.2, -0.15) is 0 Å². The molecule has 2 N–H and O–H groups in total. The van der Waals surface area contributed by atoms with E-state index in [1.54, 1.807) is 20.8 Å². The molecular weight excluding hydrogens is 324 g/mol. The number of benzene rings is 1. The van der Waals surface area contributed by atoms with Crippen molar-refractivity contribution in [1.29, 1.82) is 0 Å². The Balaban J connectivity index is 2.27. The standard InChI is InChI=1S/C18H24N2O5/c1-11(16(22)23)19-15(21)14-9-12-7-5-6-8-13(12)10-20(14)17(24)25-18(2,3)4/h5-8,11,14H,9-10H2,1-4H3,(H,19,21)(H,22,23). The highest BCUT2D eigenvalue weighted by Gasteiger charge is 2.37. The third-order valence-electron chi connectivity index (χ3n) is 3.91. The molecule has 1 aliphatic rings. The van der Waals surface area contributed by atoms with E-state index >= 15 is 0 Å². The molecule has 2 unspecified atom stereocenters. The molecule has 25 heavy (non-hydrogen) atoms. The lowest BCUT2D eigenvalue weighted by Crippen LogP contribution is -2.55. The van der Waals surface area contributed by atoms with Gasteiger partial charge in [-0.25, -0.2) is 4.79 Å². The largest absolute Gasteiger partial charge is 0.480 e. The Kier molecular flexibility index (Phi) is 5.35. The van der Waals surface area contributed by atoms with Crippen molar-refractivity contribution in [3.05, 3.63) is 35.4 Å². The van der Waals surface area contributed by atoms with Crippen molar-refractivity contribution < 1.29 is 24.2 Å². The molecule has 0 fully saturated rings. The minimum atomic E-state index is -1.13. The molecule has 7 heteroatoms. The number of carboxylic acids is 1. The number of ether oxygens (including phenoxy) is 1. The number of amides is 2. The molecule has 2 rings (SSSR count). The van der Waals surface area contributed by atoms with Crippen LogP contribution in [0.3, 0.4) is 0 Å². The molecule has 0 saturated heterocycles. The van der Waals surface area contributed by atoms with Gasteiger partial charge < -0.3 is 15.2 Å². The summed E-state index contributed by atoms with van der Waals surface area (Å²) >= 11 is 0. The molecule has 2 atom stereocenters. The first-order valence-corrected chi connectivity index (χ1v) is 8.18. The van der Waals surface area contributed by atoms with Gasteiger partial charge in [-0.15, -0.1) is 0 Å². The molecule has 0 aromatic heterocycles. The number of carbonyl (C=O) groups excluding carboxylic acids is 2. The molecule has 0 saturated carbocycles. The molecule has 7 nitrogen and oxygen atoms in total. The van der Waals surface area contributed by atoms with Crippen molar-refractivity contribution in [1.82, 2.24) is 10.2 Å². The predicted molar refractivity (Wildman–Crippen MR) is 91.0 cm³/mol. The summed E-state index contributed by atoms with van der Waals surface area (Å²) < 4.78 is 5.42. The number of carboxylic acid groups (broad SMARTS) is 1. The molecular formula is C18H24N2O5. The number of rotatable bonds is 3. The van der Waals surface area contributed by atoms with E-state index in [1.807, 2.05) is 24.3 Å². The summed E-state index contributed by atoms with van der Waals surface area (Å²) in [7, 11) is 0. The maximum atomic E-state index is 12.6. The summed E-state index contributed by atoms with van der Waals surface area (Å²) in [6.07, 6.45) is -0.279. The Hall–Kier alpha value is -2.57. The topological polar surface area (TPSA) is 95.9 Å². The molecule has 1 aromatic rings. The molecule has 0 bridgehead atoms. The van der Waals surface area contributed by atoms with Crippen molar-refractivity contribution >= 4 is 18.0 Å². The minimum Gasteiger partial charge on any atom is -0.480 e. The Morgan fingerprint density at radius 3 is 2.40 bits per heavy atom. The van der Waals surface area contributed by atoms with Crippen LogP contribution < -0.4 is 5.32 Å². The summed E-state index contributed by atoms with van der Waals surface area (Å²) in [6.45, 7) is 6.89. The highest BCUT2D eigenvalue weighted by Crippen LogP contribution is 2.25. The maximum absolute atomic E-state index is 12.6. The van der Waals surface area contributed by atoms with Crippen LogP contribution >= 0.6 is 0 Å². The van der Waals surface area contributed by atoms with E-state index in [2.05, 4.69) is 5.32 Å². The van der Waals surface area contributed by atoms with Crippen molar-refractivity contribution in [3.8, 4) is 0 Å². The van der Waals surface area contributed by atoms with Gasteiger partial charge in [-0.3, -0.25) is 14.5 Å². The van der Waals surface area contributed by atoms with E-state index in [0.29, 0.717) is 6.42 Å². The fraction of sp³-hybridized carbons (Fsp3) is 0.500. The Labute approximate surface area is 147 Å². The van der Waals surface area contributed by atoms with Crippen LogP contribution in [0.5, 0.6) is 0 Å². The minimum absolute atomic E-state index is 0.241. The van der Waals surface area contributed by atoms with Gasteiger partial charge in [0, 0.05) is 6.42 Å². The van der Waals surface area contributed by atoms with E-state index in [0.717, 1.165) is 11.1 Å². The second kappa shape index (κ2) is 7.13. The van der Waals surface area contributed by atoms with Crippen molar-refractivity contribution in [3.63, 3.8) is 0 Å². The molecule has 0 aliphatic carbocycles. The van der Waals surface area contributed by atoms with Crippen molar-refractivity contribution in [2.45, 2.75) is 58.3 Å². The van der Waals surface area contributed by atoms with Gasteiger partial charge in [0.15, 0.2) is 0 Å². The normalized spacial score (nSPS) is 18.1. The lowest BCUT2D eigenvalue weighted by molar-refractivity contribution is -0.142. The van der Waals surface area contributed by atoms with Crippen LogP contribution in [0.4, 0.5) is 4.79 Å². The van der Waals surface area contributed by atoms with Gasteiger partial charge >= 0.3 is 12.1 Å². The van der Waals surface area contributed by atoms with Crippen LogP contribution in [-0.4, -0.2) is 45.7 Å². The molecule has 1 aromatic carbocycles. The number of carbonyl (C=O) groups is 3. The average Bonchev–Trinajstić information content (AvgIpc) is 2.51. The van der Waals surface area contributed by atoms with Crippen molar-refractivity contribution in [2.24, 2.45) is 0 Å². The summed E-state index contributed by atoms with van der Waals surface area (Å²) in [5, 5.41) is 11.4. The molecule has 0 spiro atoms. The van der Waals surface area contributed by atoms with Crippen LogP contribution in [-0.2, 0) is 27.3 Å². The van der Waals surface area contributed by atoms with E-state index in [4.69, 9.17) is 9.84 Å². The summed E-state index contributed by atoms with van der Waals surface area (Å²) in [6, 6.07) is 5.70. The summed E-state index contributed by atoms with van der Waals surface area (Å²) in [5.74, 6) is -1.64. The zero-order valence-corrected chi connectivity index (χ0v) is 14.9. The van der Waals surface area contributed by atoms with Gasteiger partial charge in [-0.1, -0.05) is 24.3 Å². The molecule has 0 radical (unpaired) electrons. The number of aliphatic carboxylic acids is 1. The quantitative estimate of drug-likeness (QED) is 0.870. The summed E-state index contributed by atoms with van der Waals surface area (Å²) in [5.41, 5.74) is 1.22. The fourth-order valence-electron chi connectivity index (χ4n) is 2.64. The number of hydrogen-bond acceptors (Lipinski definition) is 4. The zero-order chi connectivity index (χ0) is 18.8. The smallest absolute Gasteiger partial charge is 0.411 e. The third-order valence-corrected chi connectivity index (χ3v) is 3.91. The lowest BCUT2D eigenvalue weighted by atomic mass is 9.93. The fourth-order valence-corrected chi connectivity index (χ4v) is 2.64. The second-order valence-electron chi connectivity index (χ2n) is 7.17. The number of hydrogen-bond donors (Lipinski definition) is 2. The van der Waals surface area contributed by atoms with E-state index < -0.39 is 35.7 Å². The highest BCUT2D eigenvalue weighted by molar-refractivity contribution is 5.89.